The lowest BCUT2D eigenvalue weighted by atomic mass is 10.2. The van der Waals surface area contributed by atoms with Crippen molar-refractivity contribution in [3.8, 4) is 23.0 Å². The summed E-state index contributed by atoms with van der Waals surface area (Å²) in [6.07, 6.45) is 2.93. The molecule has 2 rings (SSSR count). The summed E-state index contributed by atoms with van der Waals surface area (Å²) in [5.74, 6) is 2.56. The number of amides is 2. The summed E-state index contributed by atoms with van der Waals surface area (Å²) in [5, 5.41) is 7.84. The van der Waals surface area contributed by atoms with Gasteiger partial charge < -0.3 is 18.9 Å². The van der Waals surface area contributed by atoms with Gasteiger partial charge in [-0.1, -0.05) is 0 Å². The molecule has 2 N–H and O–H groups in total. The van der Waals surface area contributed by atoms with Crippen molar-refractivity contribution >= 4 is 18.5 Å². The zero-order valence-electron chi connectivity index (χ0n) is 17.5. The van der Waals surface area contributed by atoms with Crippen molar-refractivity contribution in [3.05, 3.63) is 47.5 Å². The number of hydrogen-bond donors (Lipinski definition) is 2. The molecule has 0 aromatic heterocycles. The molecule has 2 aromatic rings. The molecule has 9 heteroatoms. The van der Waals surface area contributed by atoms with E-state index in [0.29, 0.717) is 47.3 Å². The van der Waals surface area contributed by atoms with E-state index in [1.54, 1.807) is 50.6 Å². The Hall–Kier alpha value is -3.75. The summed E-state index contributed by atoms with van der Waals surface area (Å²) in [4.78, 5) is 11.9. The Morgan fingerprint density at radius 1 is 0.833 bits per heavy atom. The second-order valence-electron chi connectivity index (χ2n) is 5.74. The lowest BCUT2D eigenvalue weighted by Crippen LogP contribution is -2.28. The fourth-order valence-electron chi connectivity index (χ4n) is 2.43. The van der Waals surface area contributed by atoms with E-state index in [1.165, 1.54) is 12.4 Å². The largest absolute Gasteiger partial charge is 0.497 e. The lowest BCUT2D eigenvalue weighted by molar-refractivity contribution is 0.242. The van der Waals surface area contributed by atoms with Gasteiger partial charge in [0.1, 0.15) is 23.0 Å². The Bertz CT molecular complexity index is 827. The van der Waals surface area contributed by atoms with Gasteiger partial charge >= 0.3 is 6.03 Å². The summed E-state index contributed by atoms with van der Waals surface area (Å²) in [6.45, 7) is 4.77. The Balaban J connectivity index is 1.99. The van der Waals surface area contributed by atoms with Crippen LogP contribution in [0.5, 0.6) is 23.0 Å². The molecule has 30 heavy (non-hydrogen) atoms. The van der Waals surface area contributed by atoms with Gasteiger partial charge in [0.15, 0.2) is 0 Å². The van der Waals surface area contributed by atoms with E-state index in [2.05, 4.69) is 21.1 Å². The molecule has 0 unspecified atom stereocenters. The Morgan fingerprint density at radius 2 is 1.27 bits per heavy atom. The van der Waals surface area contributed by atoms with Gasteiger partial charge in [-0.3, -0.25) is 0 Å². The molecule has 0 saturated heterocycles. The second-order valence-corrected chi connectivity index (χ2v) is 5.74. The average molecular weight is 414 g/mol. The highest BCUT2D eigenvalue weighted by Crippen LogP contribution is 2.23. The molecular weight excluding hydrogens is 388 g/mol. The number of ether oxygens (including phenoxy) is 4. The van der Waals surface area contributed by atoms with E-state index in [9.17, 15) is 4.79 Å². The highest BCUT2D eigenvalue weighted by atomic mass is 16.5. The van der Waals surface area contributed by atoms with Crippen LogP contribution in [0.3, 0.4) is 0 Å². The summed E-state index contributed by atoms with van der Waals surface area (Å²) in [5.41, 5.74) is 6.01. The third-order valence-corrected chi connectivity index (χ3v) is 3.77. The van der Waals surface area contributed by atoms with Gasteiger partial charge in [-0.25, -0.2) is 15.6 Å². The first kappa shape index (κ1) is 22.5. The molecule has 0 heterocycles. The van der Waals surface area contributed by atoms with Crippen molar-refractivity contribution in [2.45, 2.75) is 13.8 Å². The van der Waals surface area contributed by atoms with Crippen LogP contribution >= 0.6 is 0 Å². The minimum absolute atomic E-state index is 0.504. The maximum absolute atomic E-state index is 11.9. The summed E-state index contributed by atoms with van der Waals surface area (Å²) < 4.78 is 21.5. The Labute approximate surface area is 175 Å². The number of rotatable bonds is 10. The predicted octanol–water partition coefficient (Wildman–Crippen LogP) is 3.17. The van der Waals surface area contributed by atoms with Gasteiger partial charge in [0.05, 0.1) is 39.9 Å². The molecule has 160 valence electrons. The molecule has 2 aromatic carbocycles. The molecule has 9 nitrogen and oxygen atoms in total. The second kappa shape index (κ2) is 11.9. The van der Waals surface area contributed by atoms with Crippen LogP contribution in [0.2, 0.25) is 0 Å². The van der Waals surface area contributed by atoms with E-state index >= 15 is 0 Å². The zero-order chi connectivity index (χ0) is 21.8. The molecule has 0 spiro atoms. The number of carbonyl (C=O) groups excluding carboxylic acids is 1. The minimum Gasteiger partial charge on any atom is -0.497 e. The van der Waals surface area contributed by atoms with Crippen molar-refractivity contribution < 1.29 is 23.7 Å². The van der Waals surface area contributed by atoms with Crippen molar-refractivity contribution in [2.24, 2.45) is 10.2 Å². The number of urea groups is 1. The maximum atomic E-state index is 11.9. The van der Waals surface area contributed by atoms with E-state index in [1.807, 2.05) is 13.8 Å². The number of benzene rings is 2. The van der Waals surface area contributed by atoms with Gasteiger partial charge in [-0.2, -0.15) is 10.2 Å². The molecular formula is C21H26N4O5. The smallest absolute Gasteiger partial charge is 0.355 e. The van der Waals surface area contributed by atoms with Gasteiger partial charge in [-0.15, -0.1) is 0 Å². The first-order valence-corrected chi connectivity index (χ1v) is 9.35. The first-order valence-electron chi connectivity index (χ1n) is 9.35. The molecule has 0 radical (unpaired) electrons. The predicted molar refractivity (Wildman–Crippen MR) is 115 cm³/mol. The van der Waals surface area contributed by atoms with Crippen molar-refractivity contribution in [1.82, 2.24) is 10.9 Å². The van der Waals surface area contributed by atoms with E-state index in [-0.39, 0.29) is 0 Å². The topological polar surface area (TPSA) is 103 Å². The fourth-order valence-corrected chi connectivity index (χ4v) is 2.43. The molecule has 0 atom stereocenters. The van der Waals surface area contributed by atoms with Crippen molar-refractivity contribution in [2.75, 3.05) is 27.4 Å². The monoisotopic (exact) mass is 414 g/mol. The van der Waals surface area contributed by atoms with Crippen LogP contribution in [-0.2, 0) is 0 Å². The van der Waals surface area contributed by atoms with Crippen molar-refractivity contribution in [3.63, 3.8) is 0 Å². The molecule has 0 bridgehead atoms. The van der Waals surface area contributed by atoms with Crippen LogP contribution < -0.4 is 29.8 Å². The maximum Gasteiger partial charge on any atom is 0.355 e. The van der Waals surface area contributed by atoms with Gasteiger partial charge in [-0.05, 0) is 50.2 Å². The molecule has 0 fully saturated rings. The van der Waals surface area contributed by atoms with E-state index in [0.717, 1.165) is 0 Å². The van der Waals surface area contributed by atoms with E-state index < -0.39 is 6.03 Å². The number of hydrazone groups is 2. The standard InChI is InChI=1S/C21H26N4O5/c1-5-29-19-9-7-17(27-3)11-15(19)13-22-24-21(26)25-23-14-16-12-18(28-4)8-10-20(16)30-6-2/h7-14H,5-6H2,1-4H3,(H2,24,25,26)/b22-13+,23-14+. The van der Waals surface area contributed by atoms with Crippen LogP contribution in [0.15, 0.2) is 46.6 Å². The average Bonchev–Trinajstić information content (AvgIpc) is 2.76. The molecule has 2 amide bonds. The van der Waals surface area contributed by atoms with Crippen LogP contribution in [0.25, 0.3) is 0 Å². The van der Waals surface area contributed by atoms with Crippen LogP contribution in [0.1, 0.15) is 25.0 Å². The SMILES string of the molecule is CCOc1ccc(OC)cc1/C=N/NC(=O)N/N=C/c1cc(OC)ccc1OCC. The number of hydrogen-bond acceptors (Lipinski definition) is 7. The normalized spacial score (nSPS) is 10.8. The summed E-state index contributed by atoms with van der Waals surface area (Å²) in [6, 6.07) is 10.0. The van der Waals surface area contributed by atoms with Crippen LogP contribution in [0, 0.1) is 0 Å². The highest BCUT2D eigenvalue weighted by Gasteiger charge is 2.05. The highest BCUT2D eigenvalue weighted by molar-refractivity contribution is 5.87. The first-order chi connectivity index (χ1) is 14.6. The Kier molecular flexibility index (Phi) is 8.98. The molecule has 0 aliphatic rings. The van der Waals surface area contributed by atoms with Crippen molar-refractivity contribution in [1.29, 1.82) is 0 Å². The van der Waals surface area contributed by atoms with Crippen LogP contribution in [0.4, 0.5) is 4.79 Å². The molecule has 0 aliphatic carbocycles. The minimum atomic E-state index is -0.607. The lowest BCUT2D eigenvalue weighted by Gasteiger charge is -2.09. The third kappa shape index (κ3) is 6.69. The number of methoxy groups -OCH3 is 2. The van der Waals surface area contributed by atoms with Crippen LogP contribution in [-0.4, -0.2) is 45.9 Å². The van der Waals surface area contributed by atoms with Gasteiger partial charge in [0.25, 0.3) is 0 Å². The van der Waals surface area contributed by atoms with E-state index in [4.69, 9.17) is 18.9 Å². The zero-order valence-corrected chi connectivity index (χ0v) is 17.5. The van der Waals surface area contributed by atoms with Gasteiger partial charge in [0.2, 0.25) is 0 Å². The summed E-state index contributed by atoms with van der Waals surface area (Å²) >= 11 is 0. The molecule has 0 saturated carbocycles. The Morgan fingerprint density at radius 3 is 1.63 bits per heavy atom. The quantitative estimate of drug-likeness (QED) is 0.459. The third-order valence-electron chi connectivity index (χ3n) is 3.77. The number of carbonyl (C=O) groups is 1. The van der Waals surface area contributed by atoms with Gasteiger partial charge in [0, 0.05) is 11.1 Å². The summed E-state index contributed by atoms with van der Waals surface area (Å²) in [7, 11) is 3.14. The number of nitrogens with one attached hydrogen (secondary N) is 2. The fraction of sp³-hybridized carbons (Fsp3) is 0.286. The molecule has 0 aliphatic heterocycles. The number of nitrogens with zero attached hydrogens (tertiary/aromatic N) is 2.